The van der Waals surface area contributed by atoms with Crippen molar-refractivity contribution in [3.05, 3.63) is 58.1 Å². The predicted octanol–water partition coefficient (Wildman–Crippen LogP) is 4.61. The van der Waals surface area contributed by atoms with Crippen LogP contribution in [0.4, 0.5) is 5.69 Å². The Morgan fingerprint density at radius 3 is 2.75 bits per heavy atom. The van der Waals surface area contributed by atoms with E-state index in [4.69, 9.17) is 27.9 Å². The predicted molar refractivity (Wildman–Crippen MR) is 102 cm³/mol. The molecule has 2 aromatic carbocycles. The molecule has 0 fully saturated rings. The first-order valence-electron chi connectivity index (χ1n) is 7.72. The first kappa shape index (κ1) is 19.2. The van der Waals surface area contributed by atoms with Gasteiger partial charge in [-0.1, -0.05) is 41.4 Å². The summed E-state index contributed by atoms with van der Waals surface area (Å²) in [4.78, 5) is 2.22. The number of nitrogens with zero attached hydrogens (tertiary/aromatic N) is 1. The van der Waals surface area contributed by atoms with E-state index >= 15 is 0 Å². The minimum atomic E-state index is -0.590. The van der Waals surface area contributed by atoms with E-state index in [1.165, 1.54) is 11.3 Å². The van der Waals surface area contributed by atoms with Crippen molar-refractivity contribution in [3.63, 3.8) is 0 Å². The average Bonchev–Trinajstić information content (AvgIpc) is 2.54. The molecule has 1 heterocycles. The zero-order valence-electron chi connectivity index (χ0n) is 13.1. The van der Waals surface area contributed by atoms with Crippen molar-refractivity contribution >= 4 is 41.3 Å². The lowest BCUT2D eigenvalue weighted by atomic mass is 10.0. The average molecular weight is 389 g/mol. The van der Waals surface area contributed by atoms with E-state index in [9.17, 15) is 5.11 Å². The molecule has 0 saturated carbocycles. The first-order chi connectivity index (χ1) is 11.1. The Balaban J connectivity index is 0.00000208. The Labute approximate surface area is 158 Å². The fraction of sp³-hybridized carbons (Fsp3) is 0.333. The van der Waals surface area contributed by atoms with Crippen LogP contribution in [0.3, 0.4) is 0 Å². The molecule has 130 valence electrons. The Kier molecular flexibility index (Phi) is 7.05. The molecule has 1 unspecified atom stereocenters. The zero-order valence-corrected chi connectivity index (χ0v) is 15.4. The van der Waals surface area contributed by atoms with Gasteiger partial charge in [-0.25, -0.2) is 0 Å². The highest BCUT2D eigenvalue weighted by Crippen LogP contribution is 2.28. The Bertz CT molecular complexity index is 681. The zero-order chi connectivity index (χ0) is 16.2. The molecule has 1 atom stereocenters. The lowest BCUT2D eigenvalue weighted by molar-refractivity contribution is 0.112. The van der Waals surface area contributed by atoms with Gasteiger partial charge in [0.05, 0.1) is 5.02 Å². The van der Waals surface area contributed by atoms with Gasteiger partial charge in [0.15, 0.2) is 0 Å². The van der Waals surface area contributed by atoms with Crippen molar-refractivity contribution in [2.45, 2.75) is 18.9 Å². The molecule has 0 radical (unpaired) electrons. The molecule has 0 aromatic heterocycles. The van der Waals surface area contributed by atoms with Crippen molar-refractivity contribution in [1.29, 1.82) is 0 Å². The van der Waals surface area contributed by atoms with E-state index in [-0.39, 0.29) is 19.0 Å². The number of β-amino-alcohol motifs (C(OH)–C–C–N with tert-alkyl or cyclic N) is 1. The molecule has 0 amide bonds. The van der Waals surface area contributed by atoms with Gasteiger partial charge >= 0.3 is 0 Å². The number of aryl methyl sites for hydroxylation is 1. The van der Waals surface area contributed by atoms with Crippen LogP contribution in [0, 0.1) is 0 Å². The largest absolute Gasteiger partial charge is 0.489 e. The van der Waals surface area contributed by atoms with Crippen LogP contribution in [0.2, 0.25) is 10.0 Å². The van der Waals surface area contributed by atoms with Crippen molar-refractivity contribution in [1.82, 2.24) is 0 Å². The Hall–Kier alpha value is -1.13. The number of para-hydroxylation sites is 1. The number of fused-ring (bicyclic) bond motifs is 1. The molecule has 6 heteroatoms. The third-order valence-electron chi connectivity index (χ3n) is 3.96. The molecule has 3 nitrogen and oxygen atoms in total. The summed E-state index contributed by atoms with van der Waals surface area (Å²) < 4.78 is 5.62. The summed E-state index contributed by atoms with van der Waals surface area (Å²) >= 11 is 11.9. The summed E-state index contributed by atoms with van der Waals surface area (Å²) in [7, 11) is 0. The number of ether oxygens (including phenoxy) is 1. The third-order valence-corrected chi connectivity index (χ3v) is 4.49. The van der Waals surface area contributed by atoms with Gasteiger partial charge in [0.25, 0.3) is 0 Å². The van der Waals surface area contributed by atoms with E-state index < -0.39 is 6.10 Å². The second-order valence-corrected chi connectivity index (χ2v) is 6.56. The standard InChI is InChI=1S/C18H19Cl2NO2.ClH/c19-14-7-8-18(16(20)10-14)23-12-15(22)11-21-9-3-5-13-4-1-2-6-17(13)21;/h1-2,4,6-8,10,15,22H,3,5,9,11-12H2;1H. The molecule has 1 aliphatic rings. The first-order valence-corrected chi connectivity index (χ1v) is 8.48. The molecular weight excluding hydrogens is 369 g/mol. The molecular formula is C18H20Cl3NO2. The summed E-state index contributed by atoms with van der Waals surface area (Å²) in [5.74, 6) is 0.536. The number of aliphatic hydroxyl groups excluding tert-OH is 1. The van der Waals surface area contributed by atoms with Gasteiger partial charge in [-0.15, -0.1) is 12.4 Å². The summed E-state index contributed by atoms with van der Waals surface area (Å²) in [6, 6.07) is 13.4. The molecule has 2 aromatic rings. The number of benzene rings is 2. The molecule has 3 rings (SSSR count). The summed E-state index contributed by atoms with van der Waals surface area (Å²) in [6.07, 6.45) is 1.61. The van der Waals surface area contributed by atoms with Crippen LogP contribution >= 0.6 is 35.6 Å². The fourth-order valence-corrected chi connectivity index (χ4v) is 3.35. The lowest BCUT2D eigenvalue weighted by Gasteiger charge is -2.32. The highest BCUT2D eigenvalue weighted by molar-refractivity contribution is 6.35. The maximum atomic E-state index is 10.3. The number of hydrogen-bond donors (Lipinski definition) is 1. The highest BCUT2D eigenvalue weighted by atomic mass is 35.5. The van der Waals surface area contributed by atoms with Crippen LogP contribution in [0.1, 0.15) is 12.0 Å². The third kappa shape index (κ3) is 4.70. The summed E-state index contributed by atoms with van der Waals surface area (Å²) in [5, 5.41) is 11.3. The monoisotopic (exact) mass is 387 g/mol. The quantitative estimate of drug-likeness (QED) is 0.812. The van der Waals surface area contributed by atoms with Crippen LogP contribution in [0.15, 0.2) is 42.5 Å². The van der Waals surface area contributed by atoms with Crippen molar-refractivity contribution < 1.29 is 9.84 Å². The van der Waals surface area contributed by atoms with Gasteiger partial charge in [-0.2, -0.15) is 0 Å². The van der Waals surface area contributed by atoms with Crippen LogP contribution in [-0.4, -0.2) is 30.9 Å². The number of anilines is 1. The van der Waals surface area contributed by atoms with Gasteiger partial charge in [0.1, 0.15) is 18.5 Å². The molecule has 1 aliphatic heterocycles. The molecule has 0 saturated heterocycles. The van der Waals surface area contributed by atoms with Crippen molar-refractivity contribution in [3.8, 4) is 5.75 Å². The van der Waals surface area contributed by atoms with Crippen LogP contribution in [0.5, 0.6) is 5.75 Å². The van der Waals surface area contributed by atoms with E-state index in [0.29, 0.717) is 22.3 Å². The summed E-state index contributed by atoms with van der Waals surface area (Å²) in [5.41, 5.74) is 2.55. The normalized spacial score (nSPS) is 14.5. The van der Waals surface area contributed by atoms with Crippen molar-refractivity contribution in [2.75, 3.05) is 24.6 Å². The fourth-order valence-electron chi connectivity index (χ4n) is 2.89. The van der Waals surface area contributed by atoms with E-state index in [1.807, 2.05) is 6.07 Å². The van der Waals surface area contributed by atoms with E-state index in [2.05, 4.69) is 23.1 Å². The van der Waals surface area contributed by atoms with Gasteiger partial charge in [-0.3, -0.25) is 0 Å². The smallest absolute Gasteiger partial charge is 0.138 e. The van der Waals surface area contributed by atoms with Gasteiger partial charge < -0.3 is 14.7 Å². The minimum Gasteiger partial charge on any atom is -0.489 e. The maximum Gasteiger partial charge on any atom is 0.138 e. The lowest BCUT2D eigenvalue weighted by Crippen LogP contribution is -2.38. The molecule has 0 bridgehead atoms. The van der Waals surface area contributed by atoms with E-state index in [1.54, 1.807) is 18.2 Å². The second kappa shape index (κ2) is 8.82. The van der Waals surface area contributed by atoms with Crippen LogP contribution in [0.25, 0.3) is 0 Å². The van der Waals surface area contributed by atoms with E-state index in [0.717, 1.165) is 19.4 Å². The van der Waals surface area contributed by atoms with Crippen LogP contribution in [-0.2, 0) is 6.42 Å². The number of aliphatic hydroxyl groups is 1. The molecule has 0 spiro atoms. The Morgan fingerprint density at radius 2 is 1.96 bits per heavy atom. The minimum absolute atomic E-state index is 0. The van der Waals surface area contributed by atoms with Crippen LogP contribution < -0.4 is 9.64 Å². The maximum absolute atomic E-state index is 10.3. The molecule has 0 aliphatic carbocycles. The Morgan fingerprint density at radius 1 is 1.17 bits per heavy atom. The van der Waals surface area contributed by atoms with Gasteiger partial charge in [-0.05, 0) is 42.7 Å². The number of halogens is 3. The summed E-state index contributed by atoms with van der Waals surface area (Å²) in [6.45, 7) is 1.69. The van der Waals surface area contributed by atoms with Gasteiger partial charge in [0, 0.05) is 23.8 Å². The number of hydrogen-bond acceptors (Lipinski definition) is 3. The molecule has 1 N–H and O–H groups in total. The highest BCUT2D eigenvalue weighted by Gasteiger charge is 2.19. The second-order valence-electron chi connectivity index (χ2n) is 5.72. The molecule has 24 heavy (non-hydrogen) atoms. The SMILES string of the molecule is Cl.OC(COc1ccc(Cl)cc1Cl)CN1CCCc2ccccc21. The van der Waals surface area contributed by atoms with Gasteiger partial charge in [0.2, 0.25) is 0 Å². The number of rotatable bonds is 5. The topological polar surface area (TPSA) is 32.7 Å². The van der Waals surface area contributed by atoms with Crippen molar-refractivity contribution in [2.24, 2.45) is 0 Å².